The molecule has 1 aromatic heterocycles. The zero-order valence-corrected chi connectivity index (χ0v) is 17.6. The van der Waals surface area contributed by atoms with Crippen LogP contribution in [-0.4, -0.2) is 23.6 Å². The number of halogens is 2. The molecule has 0 fully saturated rings. The van der Waals surface area contributed by atoms with Crippen LogP contribution < -0.4 is 9.46 Å². The number of rotatable bonds is 8. The zero-order chi connectivity index (χ0) is 21.9. The standard InChI is InChI=1S/C19H17F2N3O4S2/c1-3-4-16(25)12-5-11(2)6-13(7-12)28-17-8-15(21)18(9-14(17)20)30(26,27)24-19-22-10-23-29-19/h5-10H,3-4H2,1-2H3,(H,22,23,24). The Labute approximate surface area is 176 Å². The molecule has 7 nitrogen and oxygen atoms in total. The summed E-state index contributed by atoms with van der Waals surface area (Å²) in [5.41, 5.74) is 1.10. The van der Waals surface area contributed by atoms with Gasteiger partial charge in [-0.3, -0.25) is 9.52 Å². The van der Waals surface area contributed by atoms with Crippen LogP contribution in [0.4, 0.5) is 13.9 Å². The van der Waals surface area contributed by atoms with Crippen molar-refractivity contribution in [2.45, 2.75) is 31.6 Å². The number of benzene rings is 2. The van der Waals surface area contributed by atoms with Crippen molar-refractivity contribution in [1.29, 1.82) is 0 Å². The molecule has 0 saturated heterocycles. The number of nitrogens with zero attached hydrogens (tertiary/aromatic N) is 2. The summed E-state index contributed by atoms with van der Waals surface area (Å²) < 4.78 is 64.7. The van der Waals surface area contributed by atoms with Crippen LogP contribution in [0.25, 0.3) is 0 Å². The second-order valence-electron chi connectivity index (χ2n) is 6.37. The number of ketones is 1. The van der Waals surface area contributed by atoms with Crippen LogP contribution in [0, 0.1) is 18.6 Å². The van der Waals surface area contributed by atoms with E-state index in [-0.39, 0.29) is 16.7 Å². The third kappa shape index (κ3) is 4.97. The Hall–Kier alpha value is -2.92. The van der Waals surface area contributed by atoms with Gasteiger partial charge in [-0.25, -0.2) is 22.2 Å². The SMILES string of the molecule is CCCC(=O)c1cc(C)cc(Oc2cc(F)c(S(=O)(=O)Nc3ncns3)cc2F)c1. The molecule has 0 aliphatic carbocycles. The van der Waals surface area contributed by atoms with Crippen molar-refractivity contribution in [2.24, 2.45) is 0 Å². The first kappa shape index (κ1) is 21.8. The Balaban J connectivity index is 1.90. The highest BCUT2D eigenvalue weighted by Crippen LogP contribution is 2.31. The fourth-order valence-corrected chi connectivity index (χ4v) is 4.38. The van der Waals surface area contributed by atoms with Crippen molar-refractivity contribution in [2.75, 3.05) is 4.72 Å². The third-order valence-corrected chi connectivity index (χ3v) is 6.00. The minimum atomic E-state index is -4.41. The number of aromatic nitrogens is 2. The second kappa shape index (κ2) is 8.84. The summed E-state index contributed by atoms with van der Waals surface area (Å²) in [6.45, 7) is 3.61. The molecule has 0 atom stereocenters. The van der Waals surface area contributed by atoms with Gasteiger partial charge in [0.25, 0.3) is 10.0 Å². The van der Waals surface area contributed by atoms with Crippen LogP contribution in [0.5, 0.6) is 11.5 Å². The van der Waals surface area contributed by atoms with Gasteiger partial charge in [-0.15, -0.1) is 0 Å². The predicted octanol–water partition coefficient (Wildman–Crippen LogP) is 4.70. The molecule has 0 aliphatic rings. The molecule has 3 rings (SSSR count). The monoisotopic (exact) mass is 453 g/mol. The predicted molar refractivity (Wildman–Crippen MR) is 108 cm³/mol. The molecule has 0 radical (unpaired) electrons. The van der Waals surface area contributed by atoms with Crippen LogP contribution >= 0.6 is 11.5 Å². The van der Waals surface area contributed by atoms with E-state index >= 15 is 0 Å². The molecule has 0 saturated carbocycles. The maximum Gasteiger partial charge on any atom is 0.266 e. The molecule has 0 bridgehead atoms. The summed E-state index contributed by atoms with van der Waals surface area (Å²) in [5.74, 6) is -2.77. The van der Waals surface area contributed by atoms with Gasteiger partial charge in [0.15, 0.2) is 17.3 Å². The Morgan fingerprint density at radius 3 is 2.60 bits per heavy atom. The maximum absolute atomic E-state index is 14.5. The van der Waals surface area contributed by atoms with Crippen molar-refractivity contribution in [3.05, 3.63) is 59.4 Å². The third-order valence-electron chi connectivity index (χ3n) is 3.94. The zero-order valence-electron chi connectivity index (χ0n) is 16.0. The highest BCUT2D eigenvalue weighted by molar-refractivity contribution is 7.93. The number of ether oxygens (including phenoxy) is 1. The van der Waals surface area contributed by atoms with Crippen LogP contribution in [0.1, 0.15) is 35.7 Å². The largest absolute Gasteiger partial charge is 0.454 e. The lowest BCUT2D eigenvalue weighted by Crippen LogP contribution is -2.15. The van der Waals surface area contributed by atoms with E-state index in [9.17, 15) is 22.0 Å². The summed E-state index contributed by atoms with van der Waals surface area (Å²) in [7, 11) is -4.41. The summed E-state index contributed by atoms with van der Waals surface area (Å²) >= 11 is 0.748. The number of sulfonamides is 1. The van der Waals surface area contributed by atoms with Gasteiger partial charge in [0.1, 0.15) is 22.8 Å². The van der Waals surface area contributed by atoms with Crippen LogP contribution in [-0.2, 0) is 10.0 Å². The van der Waals surface area contributed by atoms with E-state index in [2.05, 4.69) is 9.36 Å². The number of hydrogen-bond acceptors (Lipinski definition) is 7. The molecule has 3 aromatic rings. The van der Waals surface area contributed by atoms with Crippen LogP contribution in [0.3, 0.4) is 0 Å². The number of nitrogens with one attached hydrogen (secondary N) is 1. The number of carbonyl (C=O) groups is 1. The van der Waals surface area contributed by atoms with Crippen molar-refractivity contribution in [3.8, 4) is 11.5 Å². The molecule has 30 heavy (non-hydrogen) atoms. The molecular weight excluding hydrogens is 436 g/mol. The van der Waals surface area contributed by atoms with Crippen molar-refractivity contribution >= 4 is 32.5 Å². The smallest absolute Gasteiger partial charge is 0.266 e. The quantitative estimate of drug-likeness (QED) is 0.497. The minimum Gasteiger partial charge on any atom is -0.454 e. The fraction of sp³-hybridized carbons (Fsp3) is 0.211. The molecule has 0 aliphatic heterocycles. The molecule has 0 spiro atoms. The molecule has 1 heterocycles. The van der Waals surface area contributed by atoms with Gasteiger partial charge in [-0.05, 0) is 37.1 Å². The average Bonchev–Trinajstić information content (AvgIpc) is 3.16. The van der Waals surface area contributed by atoms with Gasteiger partial charge in [-0.2, -0.15) is 4.37 Å². The van der Waals surface area contributed by atoms with Crippen molar-refractivity contribution < 1.29 is 26.7 Å². The van der Waals surface area contributed by atoms with Gasteiger partial charge >= 0.3 is 0 Å². The fourth-order valence-electron chi connectivity index (χ4n) is 2.65. The summed E-state index contributed by atoms with van der Waals surface area (Å²) in [5, 5.41) is -0.0841. The number of hydrogen-bond donors (Lipinski definition) is 1. The van der Waals surface area contributed by atoms with Crippen LogP contribution in [0.2, 0.25) is 0 Å². The molecule has 2 aromatic carbocycles. The lowest BCUT2D eigenvalue weighted by molar-refractivity contribution is 0.0981. The topological polar surface area (TPSA) is 98.2 Å². The number of Topliss-reactive ketones (excluding diaryl/α,β-unsaturated/α-hetero) is 1. The highest BCUT2D eigenvalue weighted by Gasteiger charge is 2.24. The van der Waals surface area contributed by atoms with E-state index in [4.69, 9.17) is 4.74 Å². The van der Waals surface area contributed by atoms with Gasteiger partial charge in [-0.1, -0.05) is 6.92 Å². The Kier molecular flexibility index (Phi) is 6.42. The average molecular weight is 453 g/mol. The maximum atomic E-state index is 14.5. The molecule has 1 N–H and O–H groups in total. The lowest BCUT2D eigenvalue weighted by atomic mass is 10.0. The van der Waals surface area contributed by atoms with Crippen molar-refractivity contribution in [3.63, 3.8) is 0 Å². The van der Waals surface area contributed by atoms with E-state index in [1.807, 2.05) is 11.6 Å². The summed E-state index contributed by atoms with van der Waals surface area (Å²) in [4.78, 5) is 14.9. The van der Waals surface area contributed by atoms with Gasteiger partial charge in [0.2, 0.25) is 5.13 Å². The number of anilines is 1. The summed E-state index contributed by atoms with van der Waals surface area (Å²) in [6.07, 6.45) is 2.14. The molecule has 11 heteroatoms. The Bertz CT molecular complexity index is 1180. The normalized spacial score (nSPS) is 11.3. The molecule has 0 unspecified atom stereocenters. The van der Waals surface area contributed by atoms with Crippen LogP contribution in [0.15, 0.2) is 41.6 Å². The first-order chi connectivity index (χ1) is 14.2. The Morgan fingerprint density at radius 1 is 1.17 bits per heavy atom. The first-order valence-corrected chi connectivity index (χ1v) is 11.1. The molecule has 158 valence electrons. The van der Waals surface area contributed by atoms with E-state index in [1.165, 1.54) is 6.07 Å². The van der Waals surface area contributed by atoms with Crippen molar-refractivity contribution in [1.82, 2.24) is 9.36 Å². The van der Waals surface area contributed by atoms with Gasteiger partial charge in [0, 0.05) is 35.6 Å². The molecular formula is C19H17F2N3O4S2. The first-order valence-electron chi connectivity index (χ1n) is 8.81. The van der Waals surface area contributed by atoms with E-state index in [0.29, 0.717) is 36.1 Å². The van der Waals surface area contributed by atoms with Gasteiger partial charge in [0.05, 0.1) is 0 Å². The summed E-state index contributed by atoms with van der Waals surface area (Å²) in [6, 6.07) is 5.83. The minimum absolute atomic E-state index is 0.0841. The van der Waals surface area contributed by atoms with E-state index in [0.717, 1.165) is 17.9 Å². The highest BCUT2D eigenvalue weighted by atomic mass is 32.2. The van der Waals surface area contributed by atoms with Gasteiger partial charge < -0.3 is 4.74 Å². The number of aryl methyl sites for hydroxylation is 1. The second-order valence-corrected chi connectivity index (χ2v) is 8.81. The molecule has 0 amide bonds. The van der Waals surface area contributed by atoms with E-state index in [1.54, 1.807) is 19.1 Å². The van der Waals surface area contributed by atoms with E-state index < -0.39 is 32.3 Å². The number of carbonyl (C=O) groups excluding carboxylic acids is 1. The Morgan fingerprint density at radius 2 is 1.93 bits per heavy atom. The lowest BCUT2D eigenvalue weighted by Gasteiger charge is -2.12.